The molecule has 0 saturated carbocycles. The van der Waals surface area contributed by atoms with Gasteiger partial charge in [-0.25, -0.2) is 0 Å². The molecule has 0 spiro atoms. The maximum absolute atomic E-state index is 13.0. The number of aryl methyl sites for hydroxylation is 1. The van der Waals surface area contributed by atoms with Crippen LogP contribution in [0.2, 0.25) is 0 Å². The van der Waals surface area contributed by atoms with Gasteiger partial charge in [0.25, 0.3) is 0 Å². The summed E-state index contributed by atoms with van der Waals surface area (Å²) in [6.45, 7) is 2.77. The van der Waals surface area contributed by atoms with E-state index in [-0.39, 0.29) is 11.1 Å². The van der Waals surface area contributed by atoms with E-state index in [1.807, 2.05) is 0 Å². The Labute approximate surface area is 95.3 Å². The summed E-state index contributed by atoms with van der Waals surface area (Å²) in [4.78, 5) is 11.5. The van der Waals surface area contributed by atoms with Crippen LogP contribution in [0.25, 0.3) is 5.52 Å². The van der Waals surface area contributed by atoms with Crippen LogP contribution < -0.4 is 5.43 Å². The summed E-state index contributed by atoms with van der Waals surface area (Å²) in [5.41, 5.74) is -1.06. The fourth-order valence-electron chi connectivity index (χ4n) is 1.92. The standard InChI is InChI=1S/C12H10F3NO/c1-7-4-3-5-9-6-10(17)8(2)11(16(7)9)12(13,14)15/h3-6H,1-2H3. The van der Waals surface area contributed by atoms with Crippen LogP contribution in [0.4, 0.5) is 13.2 Å². The van der Waals surface area contributed by atoms with Gasteiger partial charge in [0.1, 0.15) is 5.69 Å². The predicted octanol–water partition coefficient (Wildman–Crippen LogP) is 2.94. The van der Waals surface area contributed by atoms with Crippen LogP contribution in [-0.2, 0) is 6.18 Å². The number of rotatable bonds is 0. The molecule has 2 aromatic rings. The van der Waals surface area contributed by atoms with Crippen molar-refractivity contribution in [1.82, 2.24) is 4.40 Å². The highest BCUT2D eigenvalue weighted by Gasteiger charge is 2.36. The van der Waals surface area contributed by atoms with Crippen LogP contribution in [0.1, 0.15) is 17.0 Å². The molecule has 0 amide bonds. The molecule has 0 N–H and O–H groups in total. The smallest absolute Gasteiger partial charge is 0.310 e. The Morgan fingerprint density at radius 1 is 1.18 bits per heavy atom. The van der Waals surface area contributed by atoms with Crippen molar-refractivity contribution in [3.8, 4) is 0 Å². The minimum Gasteiger partial charge on any atom is -0.310 e. The summed E-state index contributed by atoms with van der Waals surface area (Å²) in [6, 6.07) is 5.91. The van der Waals surface area contributed by atoms with Gasteiger partial charge in [0.2, 0.25) is 0 Å². The van der Waals surface area contributed by atoms with Gasteiger partial charge in [-0.2, -0.15) is 13.2 Å². The van der Waals surface area contributed by atoms with Gasteiger partial charge in [-0.1, -0.05) is 6.07 Å². The number of aromatic nitrogens is 1. The van der Waals surface area contributed by atoms with Crippen molar-refractivity contribution in [3.05, 3.63) is 51.4 Å². The molecule has 2 nitrogen and oxygen atoms in total. The molecule has 2 rings (SSSR count). The van der Waals surface area contributed by atoms with Gasteiger partial charge in [-0.05, 0) is 26.0 Å². The normalized spacial score (nSPS) is 12.1. The SMILES string of the molecule is Cc1c(C(F)(F)F)n2c(C)cccc2cc1=O. The molecule has 90 valence electrons. The average Bonchev–Trinajstić information content (AvgIpc) is 2.19. The van der Waals surface area contributed by atoms with Crippen molar-refractivity contribution in [2.45, 2.75) is 20.0 Å². The molecule has 2 aromatic heterocycles. The lowest BCUT2D eigenvalue weighted by Gasteiger charge is -2.16. The van der Waals surface area contributed by atoms with Crippen LogP contribution >= 0.6 is 0 Å². The zero-order chi connectivity index (χ0) is 12.8. The molecule has 0 aliphatic heterocycles. The lowest BCUT2D eigenvalue weighted by molar-refractivity contribution is -0.142. The molecule has 0 atom stereocenters. The first-order valence-electron chi connectivity index (χ1n) is 5.01. The molecule has 0 aliphatic rings. The second-order valence-electron chi connectivity index (χ2n) is 3.91. The summed E-state index contributed by atoms with van der Waals surface area (Å²) in [5.74, 6) is 0. The number of nitrogens with zero attached hydrogens (tertiary/aromatic N) is 1. The Hall–Kier alpha value is -1.78. The zero-order valence-corrected chi connectivity index (χ0v) is 9.30. The molecule has 0 aromatic carbocycles. The quantitative estimate of drug-likeness (QED) is 0.694. The number of pyridine rings is 2. The van der Waals surface area contributed by atoms with Gasteiger partial charge in [-0.15, -0.1) is 0 Å². The average molecular weight is 241 g/mol. The van der Waals surface area contributed by atoms with E-state index in [4.69, 9.17) is 0 Å². The fourth-order valence-corrected chi connectivity index (χ4v) is 1.92. The van der Waals surface area contributed by atoms with Crippen molar-refractivity contribution >= 4 is 5.52 Å². The highest BCUT2D eigenvalue weighted by molar-refractivity contribution is 5.51. The first-order chi connectivity index (χ1) is 7.82. The molecule has 0 bridgehead atoms. The van der Waals surface area contributed by atoms with Crippen LogP contribution in [0.3, 0.4) is 0 Å². The van der Waals surface area contributed by atoms with E-state index in [9.17, 15) is 18.0 Å². The van der Waals surface area contributed by atoms with Crippen LogP contribution in [0.5, 0.6) is 0 Å². The highest BCUT2D eigenvalue weighted by Crippen LogP contribution is 2.31. The largest absolute Gasteiger partial charge is 0.432 e. The summed E-state index contributed by atoms with van der Waals surface area (Å²) < 4.78 is 40.0. The number of fused-ring (bicyclic) bond motifs is 1. The Morgan fingerprint density at radius 2 is 1.82 bits per heavy atom. The topological polar surface area (TPSA) is 21.5 Å². The lowest BCUT2D eigenvalue weighted by atomic mass is 10.1. The lowest BCUT2D eigenvalue weighted by Crippen LogP contribution is -2.21. The van der Waals surface area contributed by atoms with Crippen molar-refractivity contribution in [3.63, 3.8) is 0 Å². The monoisotopic (exact) mass is 241 g/mol. The third kappa shape index (κ3) is 1.81. The van der Waals surface area contributed by atoms with Gasteiger partial charge in [0.05, 0.1) is 0 Å². The van der Waals surface area contributed by atoms with Gasteiger partial charge < -0.3 is 4.40 Å². The number of hydrogen-bond donors (Lipinski definition) is 0. The maximum Gasteiger partial charge on any atom is 0.432 e. The minimum atomic E-state index is -4.54. The number of hydrogen-bond acceptors (Lipinski definition) is 1. The van der Waals surface area contributed by atoms with Gasteiger partial charge >= 0.3 is 6.18 Å². The second kappa shape index (κ2) is 3.61. The molecular formula is C12H10F3NO. The Balaban J connectivity index is 3.07. The van der Waals surface area contributed by atoms with Crippen molar-refractivity contribution in [2.24, 2.45) is 0 Å². The molecule has 5 heteroatoms. The molecule has 2 heterocycles. The molecule has 17 heavy (non-hydrogen) atoms. The molecular weight excluding hydrogens is 231 g/mol. The summed E-state index contributed by atoms with van der Waals surface area (Å²) >= 11 is 0. The van der Waals surface area contributed by atoms with Gasteiger partial charge in [0.15, 0.2) is 5.43 Å². The Kier molecular flexibility index (Phi) is 2.49. The Bertz CT molecular complexity index is 640. The van der Waals surface area contributed by atoms with Crippen molar-refractivity contribution in [1.29, 1.82) is 0 Å². The van der Waals surface area contributed by atoms with Crippen LogP contribution in [0.15, 0.2) is 29.1 Å². The van der Waals surface area contributed by atoms with E-state index < -0.39 is 17.3 Å². The van der Waals surface area contributed by atoms with E-state index in [1.165, 1.54) is 19.1 Å². The van der Waals surface area contributed by atoms with Gasteiger partial charge in [-0.3, -0.25) is 4.79 Å². The van der Waals surface area contributed by atoms with Crippen LogP contribution in [0, 0.1) is 13.8 Å². The molecule has 0 radical (unpaired) electrons. The van der Waals surface area contributed by atoms with Crippen molar-refractivity contribution < 1.29 is 13.2 Å². The van der Waals surface area contributed by atoms with E-state index in [0.29, 0.717) is 5.69 Å². The molecule has 0 unspecified atom stereocenters. The first kappa shape index (κ1) is 11.7. The van der Waals surface area contributed by atoms with E-state index in [0.717, 1.165) is 4.40 Å². The second-order valence-corrected chi connectivity index (χ2v) is 3.91. The van der Waals surface area contributed by atoms with Crippen molar-refractivity contribution in [2.75, 3.05) is 0 Å². The summed E-state index contributed by atoms with van der Waals surface area (Å²) in [5, 5.41) is 0. The van der Waals surface area contributed by atoms with E-state index in [2.05, 4.69) is 0 Å². The summed E-state index contributed by atoms with van der Waals surface area (Å²) in [7, 11) is 0. The first-order valence-corrected chi connectivity index (χ1v) is 5.01. The molecule has 0 aliphatic carbocycles. The predicted molar refractivity (Wildman–Crippen MR) is 58.1 cm³/mol. The Morgan fingerprint density at radius 3 is 2.41 bits per heavy atom. The third-order valence-corrected chi connectivity index (χ3v) is 2.71. The molecule has 0 fully saturated rings. The number of halogens is 3. The highest BCUT2D eigenvalue weighted by atomic mass is 19.4. The molecule has 0 saturated heterocycles. The van der Waals surface area contributed by atoms with Crippen LogP contribution in [-0.4, -0.2) is 4.40 Å². The minimum absolute atomic E-state index is 0.257. The number of alkyl halides is 3. The third-order valence-electron chi connectivity index (χ3n) is 2.71. The van der Waals surface area contributed by atoms with E-state index in [1.54, 1.807) is 19.1 Å². The fraction of sp³-hybridized carbons (Fsp3) is 0.250. The van der Waals surface area contributed by atoms with Gasteiger partial charge in [0, 0.05) is 22.8 Å². The maximum atomic E-state index is 13.0. The summed E-state index contributed by atoms with van der Waals surface area (Å²) in [6.07, 6.45) is -4.54. The van der Waals surface area contributed by atoms with E-state index >= 15 is 0 Å². The zero-order valence-electron chi connectivity index (χ0n) is 9.30.